The van der Waals surface area contributed by atoms with E-state index in [-0.39, 0.29) is 16.5 Å². The van der Waals surface area contributed by atoms with Crippen molar-refractivity contribution in [3.05, 3.63) is 81.5 Å². The van der Waals surface area contributed by atoms with Gasteiger partial charge in [-0.25, -0.2) is 17.8 Å². The summed E-state index contributed by atoms with van der Waals surface area (Å²) in [5.41, 5.74) is 1.16. The fraction of sp³-hybridized carbons (Fsp3) is 0.273. The van der Waals surface area contributed by atoms with E-state index < -0.39 is 27.5 Å². The Balaban J connectivity index is 1.79. The van der Waals surface area contributed by atoms with Gasteiger partial charge in [0, 0.05) is 43.7 Å². The third-order valence-corrected chi connectivity index (χ3v) is 6.91. The molecule has 0 saturated heterocycles. The molecule has 1 atom stereocenters. The highest BCUT2D eigenvalue weighted by Crippen LogP contribution is 2.24. The van der Waals surface area contributed by atoms with Crippen molar-refractivity contribution in [2.24, 2.45) is 0 Å². The van der Waals surface area contributed by atoms with Gasteiger partial charge in [0.2, 0.25) is 10.0 Å². The van der Waals surface area contributed by atoms with Gasteiger partial charge in [-0.2, -0.15) is 5.10 Å². The molecule has 3 aromatic rings. The molecular weight excluding hydrogens is 466 g/mol. The number of likely N-dealkylation sites (N-methyl/N-ethyl adjacent to an activating group) is 1. The van der Waals surface area contributed by atoms with Gasteiger partial charge in [-0.05, 0) is 43.7 Å². The molecule has 1 aromatic carbocycles. The molecule has 1 amide bonds. The fourth-order valence-corrected chi connectivity index (χ4v) is 4.65. The molecule has 0 aliphatic heterocycles. The Bertz CT molecular complexity index is 1310. The maximum atomic E-state index is 13.0. The predicted molar refractivity (Wildman–Crippen MR) is 126 cm³/mol. The zero-order valence-corrected chi connectivity index (χ0v) is 20.0. The predicted octanol–water partition coefficient (Wildman–Crippen LogP) is 2.35. The average Bonchev–Trinajstić information content (AvgIpc) is 2.78. The summed E-state index contributed by atoms with van der Waals surface area (Å²) >= 11 is 5.77. The molecule has 11 heteroatoms. The van der Waals surface area contributed by atoms with Crippen LogP contribution in [0.3, 0.4) is 0 Å². The third kappa shape index (κ3) is 5.84. The molecule has 1 N–H and O–H groups in total. The highest BCUT2D eigenvalue weighted by Gasteiger charge is 2.24. The van der Waals surface area contributed by atoms with Crippen LogP contribution in [0.2, 0.25) is 5.02 Å². The second kappa shape index (κ2) is 10.2. The lowest BCUT2D eigenvalue weighted by molar-refractivity contribution is -0.121. The van der Waals surface area contributed by atoms with E-state index in [4.69, 9.17) is 11.6 Å². The van der Waals surface area contributed by atoms with Crippen LogP contribution in [0.5, 0.6) is 0 Å². The van der Waals surface area contributed by atoms with Crippen molar-refractivity contribution >= 4 is 33.2 Å². The first-order valence-electron chi connectivity index (χ1n) is 10.1. The molecule has 0 saturated carbocycles. The van der Waals surface area contributed by atoms with Crippen molar-refractivity contribution < 1.29 is 13.2 Å². The van der Waals surface area contributed by atoms with E-state index in [1.807, 2.05) is 12.1 Å². The molecule has 0 unspecified atom stereocenters. The number of halogens is 1. The molecular formula is C22H24ClN5O4S. The Kier molecular flexibility index (Phi) is 7.62. The lowest BCUT2D eigenvalue weighted by Crippen LogP contribution is -2.38. The van der Waals surface area contributed by atoms with Gasteiger partial charge in [-0.3, -0.25) is 14.6 Å². The summed E-state index contributed by atoms with van der Waals surface area (Å²) in [6.07, 6.45) is 3.37. The zero-order chi connectivity index (χ0) is 24.2. The quantitative estimate of drug-likeness (QED) is 0.519. The Morgan fingerprint density at radius 3 is 2.67 bits per heavy atom. The molecule has 0 fully saturated rings. The number of nitrogens with one attached hydrogen (secondary N) is 1. The summed E-state index contributed by atoms with van der Waals surface area (Å²) in [7, 11) is -2.32. The molecule has 9 nitrogen and oxygen atoms in total. The normalized spacial score (nSPS) is 12.4. The van der Waals surface area contributed by atoms with Gasteiger partial charge in [0.15, 0.2) is 0 Å². The number of anilines is 1. The van der Waals surface area contributed by atoms with Crippen LogP contribution in [0.15, 0.2) is 64.5 Å². The second-order valence-corrected chi connectivity index (χ2v) is 9.62. The SMILES string of the molecule is Cc1ccc(N(C)C(=O)[C@H](C)n2ncc(Cl)cc2=O)cc1S(=O)(=O)NCCc1ccccn1. The lowest BCUT2D eigenvalue weighted by atomic mass is 10.2. The van der Waals surface area contributed by atoms with Crippen molar-refractivity contribution in [3.8, 4) is 0 Å². The summed E-state index contributed by atoms with van der Waals surface area (Å²) in [6.45, 7) is 3.39. The van der Waals surface area contributed by atoms with Crippen LogP contribution in [-0.4, -0.2) is 42.7 Å². The molecule has 2 heterocycles. The van der Waals surface area contributed by atoms with Crippen LogP contribution in [-0.2, 0) is 21.2 Å². The summed E-state index contributed by atoms with van der Waals surface area (Å²) in [6, 6.07) is 10.4. The van der Waals surface area contributed by atoms with Crippen LogP contribution in [0.4, 0.5) is 5.69 Å². The van der Waals surface area contributed by atoms with Crippen LogP contribution in [0.25, 0.3) is 0 Å². The van der Waals surface area contributed by atoms with Crippen LogP contribution in [0.1, 0.15) is 24.2 Å². The fourth-order valence-electron chi connectivity index (χ4n) is 3.22. The number of hydrogen-bond donors (Lipinski definition) is 1. The van der Waals surface area contributed by atoms with E-state index in [9.17, 15) is 18.0 Å². The number of amides is 1. The molecule has 0 radical (unpaired) electrons. The highest BCUT2D eigenvalue weighted by molar-refractivity contribution is 7.89. The van der Waals surface area contributed by atoms with Crippen LogP contribution < -0.4 is 15.2 Å². The summed E-state index contributed by atoms with van der Waals surface area (Å²) in [5, 5.41) is 4.09. The lowest BCUT2D eigenvalue weighted by Gasteiger charge is -2.23. The number of carbonyl (C=O) groups is 1. The smallest absolute Gasteiger partial charge is 0.268 e. The van der Waals surface area contributed by atoms with E-state index >= 15 is 0 Å². The molecule has 0 aliphatic carbocycles. The standard InChI is InChI=1S/C22H24ClN5O4S/c1-15-7-8-19(27(3)22(30)16(2)28-21(29)12-17(23)14-25-28)13-20(15)33(31,32)26-11-9-18-6-4-5-10-24-18/h4-8,10,12-14,16,26H,9,11H2,1-3H3/t16-/m0/s1. The molecule has 0 bridgehead atoms. The highest BCUT2D eigenvalue weighted by atomic mass is 35.5. The van der Waals surface area contributed by atoms with Gasteiger partial charge >= 0.3 is 0 Å². The van der Waals surface area contributed by atoms with E-state index in [2.05, 4.69) is 14.8 Å². The minimum Gasteiger partial charge on any atom is -0.314 e. The first-order valence-corrected chi connectivity index (χ1v) is 12.0. The maximum Gasteiger partial charge on any atom is 0.268 e. The third-order valence-electron chi connectivity index (χ3n) is 5.10. The van der Waals surface area contributed by atoms with Gasteiger partial charge in [0.1, 0.15) is 6.04 Å². The Morgan fingerprint density at radius 1 is 1.24 bits per heavy atom. The Morgan fingerprint density at radius 2 is 2.00 bits per heavy atom. The number of rotatable bonds is 8. The number of sulfonamides is 1. The minimum absolute atomic E-state index is 0.0649. The molecule has 3 rings (SSSR count). The second-order valence-electron chi connectivity index (χ2n) is 7.45. The van der Waals surface area contributed by atoms with Crippen molar-refractivity contribution in [2.75, 3.05) is 18.5 Å². The molecule has 33 heavy (non-hydrogen) atoms. The van der Waals surface area contributed by atoms with E-state index in [1.165, 1.54) is 37.2 Å². The number of aryl methyl sites for hydroxylation is 1. The molecule has 0 aliphatic rings. The van der Waals surface area contributed by atoms with E-state index in [0.717, 1.165) is 10.4 Å². The maximum absolute atomic E-state index is 13.0. The van der Waals surface area contributed by atoms with Crippen LogP contribution in [0, 0.1) is 6.92 Å². The van der Waals surface area contributed by atoms with Crippen molar-refractivity contribution in [3.63, 3.8) is 0 Å². The van der Waals surface area contributed by atoms with Gasteiger partial charge in [0.25, 0.3) is 11.5 Å². The van der Waals surface area contributed by atoms with E-state index in [0.29, 0.717) is 17.7 Å². The van der Waals surface area contributed by atoms with Crippen molar-refractivity contribution in [1.82, 2.24) is 19.5 Å². The number of pyridine rings is 1. The van der Waals surface area contributed by atoms with Gasteiger partial charge in [-0.1, -0.05) is 23.7 Å². The zero-order valence-electron chi connectivity index (χ0n) is 18.4. The Hall–Kier alpha value is -3.08. The number of aromatic nitrogens is 3. The van der Waals surface area contributed by atoms with Crippen molar-refractivity contribution in [1.29, 1.82) is 0 Å². The van der Waals surface area contributed by atoms with Gasteiger partial charge < -0.3 is 4.90 Å². The summed E-state index contributed by atoms with van der Waals surface area (Å²) < 4.78 is 29.4. The average molecular weight is 490 g/mol. The number of nitrogens with zero attached hydrogens (tertiary/aromatic N) is 4. The number of hydrogen-bond acceptors (Lipinski definition) is 6. The van der Waals surface area contributed by atoms with E-state index in [1.54, 1.807) is 31.3 Å². The summed E-state index contributed by atoms with van der Waals surface area (Å²) in [4.78, 5) is 30.6. The number of benzene rings is 1. The molecule has 174 valence electrons. The molecule has 0 spiro atoms. The first kappa shape index (κ1) is 24.6. The monoisotopic (exact) mass is 489 g/mol. The van der Waals surface area contributed by atoms with Crippen molar-refractivity contribution in [2.45, 2.75) is 31.2 Å². The first-order chi connectivity index (χ1) is 15.6. The minimum atomic E-state index is -3.82. The Labute approximate surface area is 197 Å². The van der Waals surface area contributed by atoms with Gasteiger partial charge in [-0.15, -0.1) is 0 Å². The largest absolute Gasteiger partial charge is 0.314 e. The summed E-state index contributed by atoms with van der Waals surface area (Å²) in [5.74, 6) is -0.442. The topological polar surface area (TPSA) is 114 Å². The molecule has 2 aromatic heterocycles. The van der Waals surface area contributed by atoms with Gasteiger partial charge in [0.05, 0.1) is 16.1 Å². The number of carbonyl (C=O) groups excluding carboxylic acids is 1. The van der Waals surface area contributed by atoms with Crippen LogP contribution >= 0.6 is 11.6 Å².